The van der Waals surface area contributed by atoms with Crippen LogP contribution in [0.5, 0.6) is 0 Å². The molecule has 1 aliphatic heterocycles. The summed E-state index contributed by atoms with van der Waals surface area (Å²) in [6.45, 7) is 2.89. The molecule has 3 N–H and O–H groups in total. The van der Waals surface area contributed by atoms with Crippen molar-refractivity contribution in [2.75, 3.05) is 13.1 Å². The molecule has 0 radical (unpaired) electrons. The molecule has 0 saturated carbocycles. The number of likely N-dealkylation sites (tertiary alicyclic amines) is 1. The van der Waals surface area contributed by atoms with Gasteiger partial charge in [0.25, 0.3) is 0 Å². The summed E-state index contributed by atoms with van der Waals surface area (Å²) in [5.41, 5.74) is 5.47. The molecular weight excluding hydrogens is 156 g/mol. The van der Waals surface area contributed by atoms with E-state index in [0.29, 0.717) is 13.0 Å². The smallest absolute Gasteiger partial charge is 0.222 e. The lowest BCUT2D eigenvalue weighted by molar-refractivity contribution is -0.129. The second kappa shape index (κ2) is 3.87. The summed E-state index contributed by atoms with van der Waals surface area (Å²) in [6.07, 6.45) is 0.933. The number of carbonyl (C=O) groups excluding carboxylic acids is 1. The Morgan fingerprint density at radius 1 is 1.75 bits per heavy atom. The lowest BCUT2D eigenvalue weighted by atomic mass is 10.2. The fraction of sp³-hybridized carbons (Fsp3) is 0.875. The maximum absolute atomic E-state index is 11.1. The minimum atomic E-state index is -0.591. The zero-order chi connectivity index (χ0) is 9.14. The third-order valence-corrected chi connectivity index (χ3v) is 2.19. The first-order valence-corrected chi connectivity index (χ1v) is 4.32. The predicted molar refractivity (Wildman–Crippen MR) is 45.5 cm³/mol. The summed E-state index contributed by atoms with van der Waals surface area (Å²) < 4.78 is 0. The van der Waals surface area contributed by atoms with Crippen LogP contribution >= 0.6 is 0 Å². The van der Waals surface area contributed by atoms with Crippen LogP contribution in [0.4, 0.5) is 0 Å². The molecule has 1 amide bonds. The molecule has 4 heteroatoms. The van der Waals surface area contributed by atoms with Crippen LogP contribution in [0.1, 0.15) is 19.8 Å². The molecule has 2 unspecified atom stereocenters. The van der Waals surface area contributed by atoms with Gasteiger partial charge in [0.15, 0.2) is 0 Å². The number of carbonyl (C=O) groups is 1. The molecule has 1 fully saturated rings. The van der Waals surface area contributed by atoms with Crippen LogP contribution in [0.2, 0.25) is 0 Å². The molecule has 70 valence electrons. The molecule has 12 heavy (non-hydrogen) atoms. The van der Waals surface area contributed by atoms with E-state index >= 15 is 0 Å². The Hall–Kier alpha value is -0.610. The molecule has 0 aromatic rings. The van der Waals surface area contributed by atoms with Gasteiger partial charge < -0.3 is 15.7 Å². The average molecular weight is 172 g/mol. The fourth-order valence-corrected chi connectivity index (χ4v) is 1.29. The van der Waals surface area contributed by atoms with Gasteiger partial charge in [-0.05, 0) is 13.3 Å². The topological polar surface area (TPSA) is 66.6 Å². The lowest BCUT2D eigenvalue weighted by Crippen LogP contribution is -2.42. The summed E-state index contributed by atoms with van der Waals surface area (Å²) >= 11 is 0. The van der Waals surface area contributed by atoms with E-state index in [0.717, 1.165) is 13.0 Å². The molecule has 0 spiro atoms. The van der Waals surface area contributed by atoms with Gasteiger partial charge in [-0.15, -0.1) is 0 Å². The van der Waals surface area contributed by atoms with E-state index in [9.17, 15) is 9.90 Å². The monoisotopic (exact) mass is 172 g/mol. The zero-order valence-corrected chi connectivity index (χ0v) is 7.36. The van der Waals surface area contributed by atoms with Crippen molar-refractivity contribution in [1.29, 1.82) is 0 Å². The Labute approximate surface area is 72.3 Å². The van der Waals surface area contributed by atoms with E-state index in [1.807, 2.05) is 0 Å². The number of nitrogens with zero attached hydrogens (tertiary/aromatic N) is 1. The Balaban J connectivity index is 2.35. The van der Waals surface area contributed by atoms with Crippen LogP contribution in [0.15, 0.2) is 0 Å². The highest BCUT2D eigenvalue weighted by atomic mass is 16.3. The number of aliphatic hydroxyl groups excluding tert-OH is 1. The van der Waals surface area contributed by atoms with Crippen LogP contribution < -0.4 is 5.73 Å². The van der Waals surface area contributed by atoms with E-state index in [1.165, 1.54) is 0 Å². The van der Waals surface area contributed by atoms with Gasteiger partial charge in [-0.1, -0.05) is 0 Å². The molecule has 0 bridgehead atoms. The first-order chi connectivity index (χ1) is 5.61. The van der Waals surface area contributed by atoms with Gasteiger partial charge in [0.1, 0.15) is 0 Å². The number of β-amino-alcohol motifs (C(OH)–C–C–N with tert-alkyl or cyclic N) is 1. The molecule has 0 aromatic carbocycles. The summed E-state index contributed by atoms with van der Waals surface area (Å²) in [5.74, 6) is 0.134. The Kier molecular flexibility index (Phi) is 3.05. The molecule has 1 heterocycles. The quantitative estimate of drug-likeness (QED) is 0.592. The molecule has 1 rings (SSSR count). The van der Waals surface area contributed by atoms with Crippen LogP contribution in [0.3, 0.4) is 0 Å². The number of hydrogen-bond donors (Lipinski definition) is 2. The normalized spacial score (nSPS) is 22.9. The van der Waals surface area contributed by atoms with Crippen molar-refractivity contribution in [2.45, 2.75) is 31.9 Å². The largest absolute Gasteiger partial charge is 0.390 e. The minimum absolute atomic E-state index is 0.134. The fourth-order valence-electron chi connectivity index (χ4n) is 1.29. The van der Waals surface area contributed by atoms with Gasteiger partial charge in [-0.25, -0.2) is 0 Å². The van der Waals surface area contributed by atoms with Crippen LogP contribution in [0.25, 0.3) is 0 Å². The van der Waals surface area contributed by atoms with Gasteiger partial charge >= 0.3 is 0 Å². The van der Waals surface area contributed by atoms with E-state index in [4.69, 9.17) is 5.73 Å². The van der Waals surface area contributed by atoms with Gasteiger partial charge in [0, 0.05) is 25.6 Å². The van der Waals surface area contributed by atoms with E-state index < -0.39 is 6.10 Å². The maximum atomic E-state index is 11.1. The predicted octanol–water partition coefficient (Wildman–Crippen LogP) is -0.683. The van der Waals surface area contributed by atoms with E-state index in [1.54, 1.807) is 11.8 Å². The SMILES string of the molecule is CC(N)C(O)CN1CCCC1=O. The second-order valence-corrected chi connectivity index (χ2v) is 3.37. The van der Waals surface area contributed by atoms with Crippen molar-refractivity contribution in [1.82, 2.24) is 4.90 Å². The zero-order valence-electron chi connectivity index (χ0n) is 7.36. The van der Waals surface area contributed by atoms with Crippen molar-refractivity contribution in [3.8, 4) is 0 Å². The third-order valence-electron chi connectivity index (χ3n) is 2.19. The summed E-state index contributed by atoms with van der Waals surface area (Å²) in [6, 6.07) is -0.265. The number of amides is 1. The van der Waals surface area contributed by atoms with Gasteiger partial charge in [-0.2, -0.15) is 0 Å². The number of aliphatic hydroxyl groups is 1. The number of rotatable bonds is 3. The van der Waals surface area contributed by atoms with Crippen LogP contribution in [-0.4, -0.2) is 41.1 Å². The van der Waals surface area contributed by atoms with Crippen molar-refractivity contribution in [2.24, 2.45) is 5.73 Å². The molecule has 0 aliphatic carbocycles. The van der Waals surface area contributed by atoms with Crippen molar-refractivity contribution >= 4 is 5.91 Å². The second-order valence-electron chi connectivity index (χ2n) is 3.37. The van der Waals surface area contributed by atoms with Crippen LogP contribution in [0, 0.1) is 0 Å². The van der Waals surface area contributed by atoms with Crippen molar-refractivity contribution < 1.29 is 9.90 Å². The molecule has 2 atom stereocenters. The molecule has 4 nitrogen and oxygen atoms in total. The Morgan fingerprint density at radius 2 is 2.42 bits per heavy atom. The van der Waals surface area contributed by atoms with Gasteiger partial charge in [0.05, 0.1) is 6.10 Å². The third kappa shape index (κ3) is 2.19. The summed E-state index contributed by atoms with van der Waals surface area (Å²) in [7, 11) is 0. The van der Waals surface area contributed by atoms with Crippen LogP contribution in [-0.2, 0) is 4.79 Å². The maximum Gasteiger partial charge on any atom is 0.222 e. The molecule has 1 saturated heterocycles. The molecular formula is C8H16N2O2. The Bertz CT molecular complexity index is 170. The lowest BCUT2D eigenvalue weighted by Gasteiger charge is -2.21. The highest BCUT2D eigenvalue weighted by Gasteiger charge is 2.23. The molecule has 0 aromatic heterocycles. The van der Waals surface area contributed by atoms with E-state index in [2.05, 4.69) is 0 Å². The average Bonchev–Trinajstić information content (AvgIpc) is 2.36. The standard InChI is InChI=1S/C8H16N2O2/c1-6(9)7(11)5-10-4-2-3-8(10)12/h6-7,11H,2-5,9H2,1H3. The molecule has 1 aliphatic rings. The first kappa shape index (κ1) is 9.48. The summed E-state index contributed by atoms with van der Waals surface area (Å²) in [4.78, 5) is 12.8. The van der Waals surface area contributed by atoms with Crippen molar-refractivity contribution in [3.05, 3.63) is 0 Å². The van der Waals surface area contributed by atoms with Crippen molar-refractivity contribution in [3.63, 3.8) is 0 Å². The Morgan fingerprint density at radius 3 is 2.83 bits per heavy atom. The number of nitrogens with two attached hydrogens (primary N) is 1. The highest BCUT2D eigenvalue weighted by molar-refractivity contribution is 5.78. The summed E-state index contributed by atoms with van der Waals surface area (Å²) in [5, 5.41) is 9.39. The van der Waals surface area contributed by atoms with E-state index in [-0.39, 0.29) is 11.9 Å². The van der Waals surface area contributed by atoms with Gasteiger partial charge in [-0.3, -0.25) is 4.79 Å². The number of hydrogen-bond acceptors (Lipinski definition) is 3. The first-order valence-electron chi connectivity index (χ1n) is 4.32. The minimum Gasteiger partial charge on any atom is -0.390 e. The van der Waals surface area contributed by atoms with Gasteiger partial charge in [0.2, 0.25) is 5.91 Å². The highest BCUT2D eigenvalue weighted by Crippen LogP contribution is 2.10.